The summed E-state index contributed by atoms with van der Waals surface area (Å²) < 4.78 is 5.62. The third-order valence-corrected chi connectivity index (χ3v) is 6.70. The van der Waals surface area contributed by atoms with Crippen molar-refractivity contribution in [3.63, 3.8) is 0 Å². The van der Waals surface area contributed by atoms with E-state index in [-0.39, 0.29) is 10.5 Å². The smallest absolute Gasteiger partial charge is 0.145 e. The van der Waals surface area contributed by atoms with Crippen LogP contribution in [0, 0.1) is 0 Å². The molecule has 0 aromatic rings. The van der Waals surface area contributed by atoms with Crippen LogP contribution in [0.5, 0.6) is 0 Å². The van der Waals surface area contributed by atoms with Crippen molar-refractivity contribution in [3.8, 4) is 0 Å². The Hall–Kier alpha value is -0.0000000000000000555. The molecule has 0 N–H and O–H groups in total. The lowest BCUT2D eigenvalue weighted by Gasteiger charge is -2.20. The van der Waals surface area contributed by atoms with E-state index in [1.54, 1.807) is 23.5 Å². The minimum Gasteiger partial charge on any atom is -0.380 e. The van der Waals surface area contributed by atoms with Crippen LogP contribution in [0.4, 0.5) is 0 Å². The predicted molar refractivity (Wildman–Crippen MR) is 90.3 cm³/mol. The van der Waals surface area contributed by atoms with Crippen LogP contribution >= 0.6 is 23.5 Å². The zero-order chi connectivity index (χ0) is 14.9. The first-order valence-corrected chi connectivity index (χ1v) is 10.2. The van der Waals surface area contributed by atoms with E-state index in [1.165, 1.54) is 12.8 Å². The first kappa shape index (κ1) is 17.4. The first-order valence-electron chi connectivity index (χ1n) is 8.14. The third kappa shape index (κ3) is 6.33. The van der Waals surface area contributed by atoms with Crippen LogP contribution in [0.25, 0.3) is 0 Å². The Morgan fingerprint density at radius 3 is 1.71 bits per heavy atom. The van der Waals surface area contributed by atoms with Crippen molar-refractivity contribution in [1.82, 2.24) is 0 Å². The predicted octanol–water partition coefficient (Wildman–Crippen LogP) is 3.49. The Bertz CT molecular complexity index is 314. The summed E-state index contributed by atoms with van der Waals surface area (Å²) in [5.41, 5.74) is 0. The molecule has 0 amide bonds. The average molecular weight is 331 g/mol. The van der Waals surface area contributed by atoms with Crippen molar-refractivity contribution >= 4 is 35.1 Å². The van der Waals surface area contributed by atoms with Crippen molar-refractivity contribution in [3.05, 3.63) is 0 Å². The van der Waals surface area contributed by atoms with Gasteiger partial charge in [-0.1, -0.05) is 12.8 Å². The summed E-state index contributed by atoms with van der Waals surface area (Å²) in [5.74, 6) is 2.67. The number of ether oxygens (including phenoxy) is 1. The third-order valence-electron chi connectivity index (χ3n) is 4.09. The van der Waals surface area contributed by atoms with Crippen LogP contribution in [0.15, 0.2) is 0 Å². The number of carbonyl (C=O) groups is 2. The summed E-state index contributed by atoms with van der Waals surface area (Å²) >= 11 is 3.51. The molecular formula is C16H26O3S2. The number of Topliss-reactive ketones (excluding diaryl/α,β-unsaturated/α-hetero) is 2. The van der Waals surface area contributed by atoms with E-state index in [0.29, 0.717) is 24.8 Å². The Morgan fingerprint density at radius 1 is 0.810 bits per heavy atom. The van der Waals surface area contributed by atoms with E-state index in [9.17, 15) is 9.59 Å². The van der Waals surface area contributed by atoms with Gasteiger partial charge in [0.25, 0.3) is 0 Å². The van der Waals surface area contributed by atoms with Gasteiger partial charge in [0, 0.05) is 24.3 Å². The molecule has 3 nitrogen and oxygen atoms in total. The topological polar surface area (TPSA) is 43.4 Å². The van der Waals surface area contributed by atoms with E-state index in [4.69, 9.17) is 4.74 Å². The van der Waals surface area contributed by atoms with Gasteiger partial charge in [0.1, 0.15) is 11.6 Å². The normalized spacial score (nSPS) is 27.0. The Morgan fingerprint density at radius 2 is 1.29 bits per heavy atom. The van der Waals surface area contributed by atoms with Gasteiger partial charge < -0.3 is 4.74 Å². The zero-order valence-electron chi connectivity index (χ0n) is 12.7. The van der Waals surface area contributed by atoms with E-state index in [2.05, 4.69) is 0 Å². The molecule has 0 aromatic heterocycles. The second-order valence-electron chi connectivity index (χ2n) is 5.76. The molecule has 5 heteroatoms. The van der Waals surface area contributed by atoms with Crippen molar-refractivity contribution in [2.24, 2.45) is 0 Å². The van der Waals surface area contributed by atoms with E-state index < -0.39 is 0 Å². The second kappa shape index (κ2) is 9.90. The van der Waals surface area contributed by atoms with Crippen LogP contribution < -0.4 is 0 Å². The van der Waals surface area contributed by atoms with Crippen LogP contribution in [0.1, 0.15) is 51.4 Å². The van der Waals surface area contributed by atoms with Crippen molar-refractivity contribution in [2.45, 2.75) is 61.9 Å². The molecule has 0 radical (unpaired) electrons. The average Bonchev–Trinajstić information content (AvgIpc) is 2.50. The molecule has 0 aromatic carbocycles. The second-order valence-corrected chi connectivity index (χ2v) is 8.38. The molecule has 0 spiro atoms. The number of ketones is 2. The van der Waals surface area contributed by atoms with E-state index in [0.717, 1.165) is 50.0 Å². The van der Waals surface area contributed by atoms with Gasteiger partial charge in [0.15, 0.2) is 0 Å². The molecule has 0 heterocycles. The fourth-order valence-corrected chi connectivity index (χ4v) is 5.13. The zero-order valence-corrected chi connectivity index (χ0v) is 14.3. The van der Waals surface area contributed by atoms with Crippen molar-refractivity contribution in [1.29, 1.82) is 0 Å². The van der Waals surface area contributed by atoms with Crippen LogP contribution in [-0.2, 0) is 14.3 Å². The molecule has 21 heavy (non-hydrogen) atoms. The maximum Gasteiger partial charge on any atom is 0.145 e. The summed E-state index contributed by atoms with van der Waals surface area (Å²) in [7, 11) is 0. The lowest BCUT2D eigenvalue weighted by atomic mass is 9.99. The minimum atomic E-state index is 0.219. The number of rotatable bonds is 8. The van der Waals surface area contributed by atoms with Gasteiger partial charge in [-0.3, -0.25) is 9.59 Å². The van der Waals surface area contributed by atoms with E-state index >= 15 is 0 Å². The summed E-state index contributed by atoms with van der Waals surface area (Å²) in [6.07, 6.45) is 8.15. The summed E-state index contributed by atoms with van der Waals surface area (Å²) in [4.78, 5) is 23.3. The lowest BCUT2D eigenvalue weighted by Crippen LogP contribution is -2.23. The molecule has 2 aliphatic rings. The summed E-state index contributed by atoms with van der Waals surface area (Å²) in [6, 6.07) is 0. The van der Waals surface area contributed by atoms with Gasteiger partial charge in [-0.2, -0.15) is 0 Å². The minimum absolute atomic E-state index is 0.219. The van der Waals surface area contributed by atoms with Crippen LogP contribution in [0.2, 0.25) is 0 Å². The highest BCUT2D eigenvalue weighted by Crippen LogP contribution is 2.26. The Labute approximate surface area is 136 Å². The van der Waals surface area contributed by atoms with Crippen LogP contribution in [-0.4, -0.2) is 46.8 Å². The Kier molecular flexibility index (Phi) is 8.19. The lowest BCUT2D eigenvalue weighted by molar-refractivity contribution is -0.120. The fraction of sp³-hybridized carbons (Fsp3) is 0.875. The molecular weight excluding hydrogens is 304 g/mol. The van der Waals surface area contributed by atoms with E-state index in [1.807, 2.05) is 0 Å². The molecule has 2 fully saturated rings. The maximum atomic E-state index is 11.7. The highest BCUT2D eigenvalue weighted by atomic mass is 32.2. The monoisotopic (exact) mass is 330 g/mol. The fourth-order valence-electron chi connectivity index (χ4n) is 2.86. The molecule has 0 bridgehead atoms. The molecule has 2 unspecified atom stereocenters. The largest absolute Gasteiger partial charge is 0.380 e. The molecule has 120 valence electrons. The molecule has 2 aliphatic carbocycles. The van der Waals surface area contributed by atoms with Gasteiger partial charge in [0.2, 0.25) is 0 Å². The Balaban J connectivity index is 1.45. The highest BCUT2D eigenvalue weighted by Gasteiger charge is 2.23. The molecule has 2 atom stereocenters. The van der Waals surface area contributed by atoms with Gasteiger partial charge in [0.05, 0.1) is 23.7 Å². The molecule has 2 saturated carbocycles. The van der Waals surface area contributed by atoms with Crippen molar-refractivity contribution < 1.29 is 14.3 Å². The SMILES string of the molecule is O=C1CCCCC1SCCOCCSC1CCCCC1=O. The number of hydrogen-bond donors (Lipinski definition) is 0. The molecule has 2 rings (SSSR count). The van der Waals surface area contributed by atoms with Gasteiger partial charge >= 0.3 is 0 Å². The van der Waals surface area contributed by atoms with Gasteiger partial charge in [-0.05, 0) is 25.7 Å². The number of thioether (sulfide) groups is 2. The van der Waals surface area contributed by atoms with Crippen LogP contribution in [0.3, 0.4) is 0 Å². The van der Waals surface area contributed by atoms with Gasteiger partial charge in [-0.25, -0.2) is 0 Å². The van der Waals surface area contributed by atoms with Gasteiger partial charge in [-0.15, -0.1) is 23.5 Å². The number of hydrogen-bond acceptors (Lipinski definition) is 5. The highest BCUT2D eigenvalue weighted by molar-refractivity contribution is 8.00. The maximum absolute atomic E-state index is 11.7. The summed E-state index contributed by atoms with van der Waals surface area (Å²) in [6.45, 7) is 1.43. The molecule has 0 saturated heterocycles. The summed E-state index contributed by atoms with van der Waals surface area (Å²) in [5, 5.41) is 0.438. The standard InChI is InChI=1S/C16H26O3S2/c17-13-5-1-3-7-15(13)20-11-9-19-10-12-21-16-8-4-2-6-14(16)18/h15-16H,1-12H2. The first-order chi connectivity index (χ1) is 10.3. The van der Waals surface area contributed by atoms with Crippen molar-refractivity contribution in [2.75, 3.05) is 24.7 Å². The molecule has 0 aliphatic heterocycles. The quantitative estimate of drug-likeness (QED) is 0.637. The number of carbonyl (C=O) groups excluding carboxylic acids is 2.